The number of hydrogen-bond acceptors (Lipinski definition) is 3. The number of carbonyl (C=O) groups excluding carboxylic acids is 1. The van der Waals surface area contributed by atoms with Crippen LogP contribution in [0.2, 0.25) is 0 Å². The molecule has 1 aliphatic heterocycles. The Morgan fingerprint density at radius 2 is 1.53 bits per heavy atom. The van der Waals surface area contributed by atoms with Gasteiger partial charge in [-0.15, -0.1) is 0 Å². The first-order chi connectivity index (χ1) is 16.3. The van der Waals surface area contributed by atoms with Gasteiger partial charge in [-0.2, -0.15) is 13.2 Å². The molecule has 2 atom stereocenters. The number of likely N-dealkylation sites (tertiary alicyclic amines) is 1. The number of rotatable bonds is 7. The molecule has 1 unspecified atom stereocenters. The van der Waals surface area contributed by atoms with Gasteiger partial charge in [-0.1, -0.05) is 36.4 Å². The summed E-state index contributed by atoms with van der Waals surface area (Å²) >= 11 is 0. The van der Waals surface area contributed by atoms with E-state index in [0.29, 0.717) is 42.8 Å². The molecule has 1 fully saturated rings. The molecule has 0 saturated carbocycles. The third kappa shape index (κ3) is 5.22. The third-order valence-corrected chi connectivity index (χ3v) is 5.93. The molecule has 0 aliphatic carbocycles. The number of hydrogen-bond donors (Lipinski definition) is 1. The summed E-state index contributed by atoms with van der Waals surface area (Å²) in [6, 6.07) is 16.8. The van der Waals surface area contributed by atoms with Crippen molar-refractivity contribution in [3.8, 4) is 5.75 Å². The maximum Gasteiger partial charge on any atom is 0.416 e. The number of nitrogens with two attached hydrogens (primary N) is 1. The minimum atomic E-state index is -4.48. The van der Waals surface area contributed by atoms with Crippen LogP contribution in [0.3, 0.4) is 0 Å². The predicted molar refractivity (Wildman–Crippen MR) is 119 cm³/mol. The highest BCUT2D eigenvalue weighted by Gasteiger charge is 2.38. The Morgan fingerprint density at radius 3 is 2.06 bits per heavy atom. The molecule has 0 bridgehead atoms. The van der Waals surface area contributed by atoms with Crippen molar-refractivity contribution in [3.05, 3.63) is 101 Å². The molecule has 0 spiro atoms. The highest BCUT2D eigenvalue weighted by Crippen LogP contribution is 2.41. The normalized spacial score (nSPS) is 15.9. The summed E-state index contributed by atoms with van der Waals surface area (Å²) in [5, 5.41) is 0. The Balaban J connectivity index is 1.80. The van der Waals surface area contributed by atoms with Crippen molar-refractivity contribution < 1.29 is 27.1 Å². The first-order valence-electron chi connectivity index (χ1n) is 10.9. The summed E-state index contributed by atoms with van der Waals surface area (Å²) in [6.07, 6.45) is -4.29. The molecular formula is C26H24F4N2O2. The zero-order valence-electron chi connectivity index (χ0n) is 18.3. The average Bonchev–Trinajstić information content (AvgIpc) is 3.25. The zero-order valence-corrected chi connectivity index (χ0v) is 18.3. The molecule has 0 aromatic heterocycles. The van der Waals surface area contributed by atoms with E-state index in [2.05, 4.69) is 0 Å². The highest BCUT2D eigenvalue weighted by molar-refractivity contribution is 5.78. The molecule has 3 aromatic rings. The van der Waals surface area contributed by atoms with Crippen molar-refractivity contribution in [3.63, 3.8) is 0 Å². The van der Waals surface area contributed by atoms with Gasteiger partial charge in [0, 0.05) is 19.5 Å². The van der Waals surface area contributed by atoms with Crippen molar-refractivity contribution in [2.45, 2.75) is 37.7 Å². The molecule has 178 valence electrons. The minimum absolute atomic E-state index is 0.0895. The molecule has 4 nitrogen and oxygen atoms in total. The van der Waals surface area contributed by atoms with E-state index in [0.717, 1.165) is 17.7 Å². The Morgan fingerprint density at radius 1 is 0.912 bits per heavy atom. The van der Waals surface area contributed by atoms with Crippen molar-refractivity contribution in [1.29, 1.82) is 0 Å². The Labute approximate surface area is 194 Å². The van der Waals surface area contributed by atoms with E-state index in [1.54, 1.807) is 41.3 Å². The fraction of sp³-hybridized carbons (Fsp3) is 0.269. The summed E-state index contributed by atoms with van der Waals surface area (Å²) in [5.74, 6) is -0.0474. The SMILES string of the molecule is NCc1ccc(OC(c2ccc(C(F)(F)F)cc2)[C@H](c2ccc(F)cc2)N2CCCC2=O)cc1. The van der Waals surface area contributed by atoms with Gasteiger partial charge >= 0.3 is 6.18 Å². The second kappa shape index (κ2) is 9.85. The van der Waals surface area contributed by atoms with Crippen LogP contribution in [0.1, 0.15) is 47.2 Å². The molecule has 2 N–H and O–H groups in total. The molecule has 4 rings (SSSR count). The van der Waals surface area contributed by atoms with Crippen LogP contribution in [0.15, 0.2) is 72.8 Å². The van der Waals surface area contributed by atoms with Gasteiger partial charge in [-0.05, 0) is 59.5 Å². The smallest absolute Gasteiger partial charge is 0.416 e. The van der Waals surface area contributed by atoms with Gasteiger partial charge < -0.3 is 15.4 Å². The third-order valence-electron chi connectivity index (χ3n) is 5.93. The molecule has 1 heterocycles. The molecule has 0 radical (unpaired) electrons. The number of benzene rings is 3. The van der Waals surface area contributed by atoms with E-state index in [9.17, 15) is 22.4 Å². The summed E-state index contributed by atoms with van der Waals surface area (Å²) in [4.78, 5) is 14.4. The maximum absolute atomic E-state index is 13.7. The van der Waals surface area contributed by atoms with Crippen molar-refractivity contribution in [2.24, 2.45) is 5.73 Å². The number of nitrogens with zero attached hydrogens (tertiary/aromatic N) is 1. The van der Waals surface area contributed by atoms with Crippen LogP contribution in [0.25, 0.3) is 0 Å². The van der Waals surface area contributed by atoms with Crippen LogP contribution in [0.5, 0.6) is 5.75 Å². The highest BCUT2D eigenvalue weighted by atomic mass is 19.4. The Hall–Kier alpha value is -3.39. The minimum Gasteiger partial charge on any atom is -0.483 e. The summed E-state index contributed by atoms with van der Waals surface area (Å²) < 4.78 is 59.5. The second-order valence-corrected chi connectivity index (χ2v) is 8.19. The number of carbonyl (C=O) groups is 1. The monoisotopic (exact) mass is 472 g/mol. The van der Waals surface area contributed by atoms with Crippen LogP contribution in [-0.4, -0.2) is 17.4 Å². The van der Waals surface area contributed by atoms with Gasteiger partial charge in [0.2, 0.25) is 5.91 Å². The summed E-state index contributed by atoms with van der Waals surface area (Å²) in [7, 11) is 0. The standard InChI is InChI=1S/C26H24F4N2O2/c27-21-11-7-18(8-12-21)24(32-15-1-2-23(32)33)25(34-22-13-3-17(16-31)4-14-22)19-5-9-20(10-6-19)26(28,29)30/h3-14,24-25H,1-2,15-16,31H2/t24-,25?/m0/s1. The van der Waals surface area contributed by atoms with Gasteiger partial charge in [0.15, 0.2) is 0 Å². The lowest BCUT2D eigenvalue weighted by Gasteiger charge is -2.35. The van der Waals surface area contributed by atoms with Crippen LogP contribution >= 0.6 is 0 Å². The van der Waals surface area contributed by atoms with Gasteiger partial charge in [0.1, 0.15) is 17.7 Å². The number of ether oxygens (including phenoxy) is 1. The number of amides is 1. The van der Waals surface area contributed by atoms with Crippen molar-refractivity contribution in [2.75, 3.05) is 6.54 Å². The molecule has 8 heteroatoms. The van der Waals surface area contributed by atoms with Crippen LogP contribution < -0.4 is 10.5 Å². The Kier molecular flexibility index (Phi) is 6.88. The van der Waals surface area contributed by atoms with Crippen molar-refractivity contribution >= 4 is 5.91 Å². The average molecular weight is 472 g/mol. The first-order valence-corrected chi connectivity index (χ1v) is 10.9. The van der Waals surface area contributed by atoms with Gasteiger partial charge in [-0.3, -0.25) is 4.79 Å². The lowest BCUT2D eigenvalue weighted by atomic mass is 9.93. The first kappa shape index (κ1) is 23.8. The number of alkyl halides is 3. The largest absolute Gasteiger partial charge is 0.483 e. The lowest BCUT2D eigenvalue weighted by molar-refractivity contribution is -0.137. The maximum atomic E-state index is 13.7. The molecule has 34 heavy (non-hydrogen) atoms. The van der Waals surface area contributed by atoms with Gasteiger partial charge in [0.25, 0.3) is 0 Å². The molecule has 3 aromatic carbocycles. The fourth-order valence-electron chi connectivity index (χ4n) is 4.17. The topological polar surface area (TPSA) is 55.6 Å². The van der Waals surface area contributed by atoms with Gasteiger partial charge in [0.05, 0.1) is 11.6 Å². The predicted octanol–water partition coefficient (Wildman–Crippen LogP) is 5.79. The summed E-state index contributed by atoms with van der Waals surface area (Å²) in [6.45, 7) is 0.816. The quantitative estimate of drug-likeness (QED) is 0.443. The van der Waals surface area contributed by atoms with Crippen LogP contribution in [0, 0.1) is 5.82 Å². The molecular weight excluding hydrogens is 448 g/mol. The van der Waals surface area contributed by atoms with E-state index in [1.807, 2.05) is 0 Å². The second-order valence-electron chi connectivity index (χ2n) is 8.19. The van der Waals surface area contributed by atoms with Crippen LogP contribution in [-0.2, 0) is 17.5 Å². The lowest BCUT2D eigenvalue weighted by Crippen LogP contribution is -2.36. The Bertz CT molecular complexity index is 1110. The summed E-state index contributed by atoms with van der Waals surface area (Å²) in [5.41, 5.74) is 6.87. The van der Waals surface area contributed by atoms with E-state index >= 15 is 0 Å². The zero-order chi connectivity index (χ0) is 24.3. The van der Waals surface area contributed by atoms with E-state index in [1.165, 1.54) is 24.3 Å². The van der Waals surface area contributed by atoms with E-state index < -0.39 is 29.7 Å². The van der Waals surface area contributed by atoms with Gasteiger partial charge in [-0.25, -0.2) is 4.39 Å². The van der Waals surface area contributed by atoms with E-state index in [-0.39, 0.29) is 5.91 Å². The number of halogens is 4. The molecule has 1 amide bonds. The molecule has 1 saturated heterocycles. The van der Waals surface area contributed by atoms with E-state index in [4.69, 9.17) is 10.5 Å². The fourth-order valence-corrected chi connectivity index (χ4v) is 4.17. The van der Waals surface area contributed by atoms with Crippen LogP contribution in [0.4, 0.5) is 17.6 Å². The molecule has 1 aliphatic rings. The van der Waals surface area contributed by atoms with Crippen molar-refractivity contribution in [1.82, 2.24) is 4.90 Å².